The Hall–Kier alpha value is -1.50. The minimum Gasteiger partial charge on any atom is -0.373 e. The molecule has 2 aromatic carbocycles. The molecule has 0 aliphatic carbocycles. The molecule has 0 spiro atoms. The van der Waals surface area contributed by atoms with Gasteiger partial charge in [-0.2, -0.15) is 0 Å². The Morgan fingerprint density at radius 2 is 1.03 bits per heavy atom. The molecule has 2 aromatic rings. The molecule has 0 saturated carbocycles. The van der Waals surface area contributed by atoms with E-state index in [0.29, 0.717) is 11.8 Å². The van der Waals surface area contributed by atoms with Gasteiger partial charge in [-0.1, -0.05) is 24.3 Å². The van der Waals surface area contributed by atoms with Gasteiger partial charge < -0.3 is 24.9 Å². The number of benzene rings is 2. The van der Waals surface area contributed by atoms with Gasteiger partial charge >= 0.3 is 0 Å². The fourth-order valence-electron chi connectivity index (χ4n) is 4.09. The van der Waals surface area contributed by atoms with Crippen LogP contribution in [0.25, 0.3) is 0 Å². The van der Waals surface area contributed by atoms with Crippen LogP contribution in [0.2, 0.25) is 0 Å². The normalized spacial score (nSPS) is 11.6. The third kappa shape index (κ3) is 11.9. The van der Waals surface area contributed by atoms with E-state index in [2.05, 4.69) is 97.2 Å². The first kappa shape index (κ1) is 29.7. The topological polar surface area (TPSA) is 30.5 Å². The fraction of sp³-hybridized carbons (Fsp3) is 0.571. The summed E-state index contributed by atoms with van der Waals surface area (Å²) in [6.07, 6.45) is 2.36. The lowest BCUT2D eigenvalue weighted by Gasteiger charge is -2.30. The van der Waals surface area contributed by atoms with Crippen LogP contribution in [-0.4, -0.2) is 83.7 Å². The molecule has 0 atom stereocenters. The van der Waals surface area contributed by atoms with Gasteiger partial charge in [-0.15, -0.1) is 23.2 Å². The zero-order chi connectivity index (χ0) is 25.5. The van der Waals surface area contributed by atoms with Crippen molar-refractivity contribution in [3.05, 3.63) is 59.7 Å². The molecule has 7 heteroatoms. The first-order chi connectivity index (χ1) is 16.8. The number of halogens is 2. The number of alkyl halides is 2. The lowest BCUT2D eigenvalue weighted by Crippen LogP contribution is -2.43. The highest BCUT2D eigenvalue weighted by Crippen LogP contribution is 2.15. The van der Waals surface area contributed by atoms with Gasteiger partial charge in [0.15, 0.2) is 0 Å². The second-order valence-corrected chi connectivity index (χ2v) is 10.8. The molecule has 0 aliphatic rings. The summed E-state index contributed by atoms with van der Waals surface area (Å²) in [6, 6.07) is 17.5. The molecule has 0 saturated heterocycles. The van der Waals surface area contributed by atoms with Crippen molar-refractivity contribution in [1.29, 1.82) is 0 Å². The molecule has 0 radical (unpaired) electrons. The molecule has 0 amide bonds. The standard InChI is InChI=1S/C28H46Cl2N5/c1-33(19-15-29)27-11-7-25(8-12-27)23-31-17-5-21-35(3,4)22-6-18-32-24-26-9-13-28(14-10-26)34(2)20-16-30/h7-14,31-32H,5-6,15-24H2,1-4H3/q+1. The third-order valence-electron chi connectivity index (χ3n) is 6.49. The predicted octanol–water partition coefficient (Wildman–Crippen LogP) is 4.77. The van der Waals surface area contributed by atoms with Crippen LogP contribution in [0.1, 0.15) is 24.0 Å². The summed E-state index contributed by atoms with van der Waals surface area (Å²) >= 11 is 11.7. The fourth-order valence-corrected chi connectivity index (χ4v) is 4.60. The molecule has 196 valence electrons. The summed E-state index contributed by atoms with van der Waals surface area (Å²) in [7, 11) is 8.83. The highest BCUT2D eigenvalue weighted by Gasteiger charge is 2.13. The average molecular weight is 524 g/mol. The monoisotopic (exact) mass is 522 g/mol. The number of nitrogens with zero attached hydrogens (tertiary/aromatic N) is 3. The van der Waals surface area contributed by atoms with E-state index in [0.717, 1.165) is 43.8 Å². The van der Waals surface area contributed by atoms with Crippen LogP contribution in [0.3, 0.4) is 0 Å². The van der Waals surface area contributed by atoms with Crippen molar-refractivity contribution < 1.29 is 4.48 Å². The highest BCUT2D eigenvalue weighted by molar-refractivity contribution is 6.18. The smallest absolute Gasteiger partial charge is 0.0794 e. The van der Waals surface area contributed by atoms with E-state index in [-0.39, 0.29) is 0 Å². The lowest BCUT2D eigenvalue weighted by atomic mass is 10.2. The largest absolute Gasteiger partial charge is 0.373 e. The van der Waals surface area contributed by atoms with Crippen molar-refractivity contribution in [1.82, 2.24) is 10.6 Å². The Morgan fingerprint density at radius 3 is 1.37 bits per heavy atom. The molecule has 0 aliphatic heterocycles. The highest BCUT2D eigenvalue weighted by atomic mass is 35.5. The van der Waals surface area contributed by atoms with Gasteiger partial charge in [-0.25, -0.2) is 0 Å². The van der Waals surface area contributed by atoms with Gasteiger partial charge in [-0.3, -0.25) is 0 Å². The van der Waals surface area contributed by atoms with Crippen molar-refractivity contribution in [3.63, 3.8) is 0 Å². The second-order valence-electron chi connectivity index (χ2n) is 10.00. The van der Waals surface area contributed by atoms with E-state index < -0.39 is 0 Å². The van der Waals surface area contributed by atoms with Crippen molar-refractivity contribution in [2.45, 2.75) is 25.9 Å². The number of quaternary nitrogens is 1. The number of nitrogens with one attached hydrogen (secondary N) is 2. The van der Waals surface area contributed by atoms with Crippen molar-refractivity contribution in [2.24, 2.45) is 0 Å². The van der Waals surface area contributed by atoms with Crippen molar-refractivity contribution in [2.75, 3.05) is 89.0 Å². The van der Waals surface area contributed by atoms with Crippen molar-refractivity contribution >= 4 is 34.6 Å². The second kappa shape index (κ2) is 16.3. The summed E-state index contributed by atoms with van der Waals surface area (Å²) in [5.41, 5.74) is 5.08. The first-order valence-electron chi connectivity index (χ1n) is 12.8. The van der Waals surface area contributed by atoms with Crippen LogP contribution in [0, 0.1) is 0 Å². The Kier molecular flexibility index (Phi) is 13.8. The Bertz CT molecular complexity index is 744. The Balaban J connectivity index is 1.55. The van der Waals surface area contributed by atoms with Crippen LogP contribution in [0.4, 0.5) is 11.4 Å². The van der Waals surface area contributed by atoms with E-state index in [1.54, 1.807) is 0 Å². The van der Waals surface area contributed by atoms with Gasteiger partial charge in [-0.05, 0) is 35.4 Å². The maximum atomic E-state index is 5.83. The molecule has 2 N–H and O–H groups in total. The van der Waals surface area contributed by atoms with Gasteiger partial charge in [0, 0.05) is 89.3 Å². The molecule has 0 unspecified atom stereocenters. The first-order valence-corrected chi connectivity index (χ1v) is 13.9. The number of hydrogen-bond acceptors (Lipinski definition) is 4. The molecule has 0 bridgehead atoms. The van der Waals surface area contributed by atoms with Crippen LogP contribution in [-0.2, 0) is 13.1 Å². The maximum Gasteiger partial charge on any atom is 0.0794 e. The number of hydrogen-bond donors (Lipinski definition) is 2. The zero-order valence-electron chi connectivity index (χ0n) is 22.2. The lowest BCUT2D eigenvalue weighted by molar-refractivity contribution is -0.890. The van der Waals surface area contributed by atoms with E-state index in [4.69, 9.17) is 23.2 Å². The maximum absolute atomic E-state index is 5.83. The van der Waals surface area contributed by atoms with Crippen LogP contribution >= 0.6 is 23.2 Å². The van der Waals surface area contributed by atoms with E-state index >= 15 is 0 Å². The van der Waals surface area contributed by atoms with Crippen LogP contribution < -0.4 is 20.4 Å². The number of rotatable bonds is 18. The van der Waals surface area contributed by atoms with Crippen molar-refractivity contribution in [3.8, 4) is 0 Å². The molecule has 0 fully saturated rings. The predicted molar refractivity (Wildman–Crippen MR) is 155 cm³/mol. The van der Waals surface area contributed by atoms with E-state index in [1.807, 2.05) is 0 Å². The van der Waals surface area contributed by atoms with Crippen LogP contribution in [0.5, 0.6) is 0 Å². The molecule has 0 aromatic heterocycles. The quantitative estimate of drug-likeness (QED) is 0.167. The molecule has 0 heterocycles. The SMILES string of the molecule is CN(CCCl)c1ccc(CNCCC[N+](C)(C)CCCNCc2ccc(N(C)CCCl)cc2)cc1. The third-order valence-corrected chi connectivity index (χ3v) is 6.82. The Morgan fingerprint density at radius 1 is 0.657 bits per heavy atom. The molecular formula is C28H46Cl2N5+. The minimum atomic E-state index is 0.647. The summed E-state index contributed by atoms with van der Waals surface area (Å²) in [5, 5.41) is 7.19. The summed E-state index contributed by atoms with van der Waals surface area (Å²) in [6.45, 7) is 8.03. The summed E-state index contributed by atoms with van der Waals surface area (Å²) < 4.78 is 1.06. The zero-order valence-corrected chi connectivity index (χ0v) is 23.7. The van der Waals surface area contributed by atoms with E-state index in [1.165, 1.54) is 48.4 Å². The molecule has 5 nitrogen and oxygen atoms in total. The van der Waals surface area contributed by atoms with Gasteiger partial charge in [0.1, 0.15) is 0 Å². The summed E-state index contributed by atoms with van der Waals surface area (Å²) in [5.74, 6) is 1.29. The molecular weight excluding hydrogens is 477 g/mol. The van der Waals surface area contributed by atoms with Gasteiger partial charge in [0.25, 0.3) is 0 Å². The van der Waals surface area contributed by atoms with E-state index in [9.17, 15) is 0 Å². The average Bonchev–Trinajstić information content (AvgIpc) is 2.84. The molecule has 35 heavy (non-hydrogen) atoms. The van der Waals surface area contributed by atoms with Gasteiger partial charge in [0.05, 0.1) is 27.2 Å². The minimum absolute atomic E-state index is 0.647. The van der Waals surface area contributed by atoms with Gasteiger partial charge in [0.2, 0.25) is 0 Å². The molecule has 2 rings (SSSR count). The summed E-state index contributed by atoms with van der Waals surface area (Å²) in [4.78, 5) is 4.36. The number of anilines is 2. The van der Waals surface area contributed by atoms with Crippen LogP contribution in [0.15, 0.2) is 48.5 Å². The Labute approximate surface area is 224 Å².